The van der Waals surface area contributed by atoms with Gasteiger partial charge in [0.05, 0.1) is 6.10 Å². The van der Waals surface area contributed by atoms with Crippen LogP contribution in [0.25, 0.3) is 0 Å². The van der Waals surface area contributed by atoms with Crippen molar-refractivity contribution in [1.82, 2.24) is 4.90 Å². The Morgan fingerprint density at radius 3 is 1.87 bits per heavy atom. The second kappa shape index (κ2) is 13.0. The van der Waals surface area contributed by atoms with Crippen molar-refractivity contribution in [3.05, 3.63) is 34.3 Å². The van der Waals surface area contributed by atoms with Crippen molar-refractivity contribution in [3.63, 3.8) is 0 Å². The zero-order valence-corrected chi connectivity index (χ0v) is 16.5. The molecule has 0 heterocycles. The van der Waals surface area contributed by atoms with E-state index in [1.54, 1.807) is 0 Å². The van der Waals surface area contributed by atoms with Crippen molar-refractivity contribution in [2.24, 2.45) is 0 Å². The first-order valence-corrected chi connectivity index (χ1v) is 10.1. The average molecular weight is 384 g/mol. The predicted octanol–water partition coefficient (Wildman–Crippen LogP) is 5.95. The number of hydrogen-bond acceptors (Lipinski definition) is 2. The summed E-state index contributed by atoms with van der Waals surface area (Å²) in [6.07, 6.45) is 9.89. The molecule has 1 N–H and O–H groups in total. The average Bonchev–Trinajstić information content (AvgIpc) is 2.55. The first kappa shape index (κ1) is 20.7. The van der Waals surface area contributed by atoms with Crippen LogP contribution in [0.15, 0.2) is 28.7 Å². The first-order chi connectivity index (χ1) is 11.2. The van der Waals surface area contributed by atoms with E-state index in [1.165, 1.54) is 51.4 Å². The van der Waals surface area contributed by atoms with Gasteiger partial charge in [-0.2, -0.15) is 0 Å². The maximum atomic E-state index is 10.5. The van der Waals surface area contributed by atoms with Gasteiger partial charge in [0.1, 0.15) is 0 Å². The minimum atomic E-state index is -0.388. The molecular formula is C20H34BrNO. The van der Waals surface area contributed by atoms with Crippen LogP contribution in [0.1, 0.15) is 76.9 Å². The second-order valence-corrected chi connectivity index (χ2v) is 7.40. The van der Waals surface area contributed by atoms with Crippen LogP contribution in [-0.4, -0.2) is 29.6 Å². The Morgan fingerprint density at radius 1 is 0.870 bits per heavy atom. The number of halogens is 1. The molecule has 0 fully saturated rings. The van der Waals surface area contributed by atoms with Crippen LogP contribution in [0.3, 0.4) is 0 Å². The number of hydrogen-bond donors (Lipinski definition) is 1. The molecule has 2 nitrogen and oxygen atoms in total. The molecule has 1 aromatic carbocycles. The largest absolute Gasteiger partial charge is 0.387 e. The molecule has 132 valence electrons. The fourth-order valence-corrected chi connectivity index (χ4v) is 3.12. The molecule has 1 unspecified atom stereocenters. The van der Waals surface area contributed by atoms with Gasteiger partial charge in [0, 0.05) is 11.0 Å². The number of unbranched alkanes of at least 4 members (excludes halogenated alkanes) is 6. The molecule has 1 atom stereocenters. The molecule has 1 aromatic rings. The Balaban J connectivity index is 2.46. The molecule has 0 bridgehead atoms. The molecular weight excluding hydrogens is 350 g/mol. The molecule has 0 aliphatic heterocycles. The van der Waals surface area contributed by atoms with E-state index in [9.17, 15) is 5.11 Å². The van der Waals surface area contributed by atoms with E-state index in [0.717, 1.165) is 29.7 Å². The highest BCUT2D eigenvalue weighted by Gasteiger charge is 2.13. The number of aliphatic hydroxyl groups excluding tert-OH is 1. The number of benzene rings is 1. The lowest BCUT2D eigenvalue weighted by molar-refractivity contribution is 0.110. The van der Waals surface area contributed by atoms with Gasteiger partial charge in [0.25, 0.3) is 0 Å². The Morgan fingerprint density at radius 2 is 1.39 bits per heavy atom. The third kappa shape index (κ3) is 9.49. The van der Waals surface area contributed by atoms with Crippen molar-refractivity contribution in [1.29, 1.82) is 0 Å². The highest BCUT2D eigenvalue weighted by Crippen LogP contribution is 2.18. The number of nitrogens with zero attached hydrogens (tertiary/aromatic N) is 1. The van der Waals surface area contributed by atoms with Gasteiger partial charge in [0.2, 0.25) is 0 Å². The minimum Gasteiger partial charge on any atom is -0.387 e. The molecule has 3 heteroatoms. The maximum Gasteiger partial charge on any atom is 0.0916 e. The van der Waals surface area contributed by atoms with Gasteiger partial charge < -0.3 is 10.0 Å². The highest BCUT2D eigenvalue weighted by molar-refractivity contribution is 9.10. The zero-order chi connectivity index (χ0) is 16.9. The summed E-state index contributed by atoms with van der Waals surface area (Å²) in [7, 11) is 0. The fraction of sp³-hybridized carbons (Fsp3) is 0.700. The smallest absolute Gasteiger partial charge is 0.0916 e. The van der Waals surface area contributed by atoms with Crippen LogP contribution < -0.4 is 0 Å². The summed E-state index contributed by atoms with van der Waals surface area (Å²) in [5.74, 6) is 0. The van der Waals surface area contributed by atoms with Crippen LogP contribution in [0.4, 0.5) is 0 Å². The Bertz CT molecular complexity index is 381. The van der Waals surface area contributed by atoms with Crippen molar-refractivity contribution in [2.75, 3.05) is 19.6 Å². The van der Waals surface area contributed by atoms with Crippen LogP contribution in [0, 0.1) is 0 Å². The highest BCUT2D eigenvalue weighted by atomic mass is 79.9. The SMILES string of the molecule is CCCCCCN(CCCCCC)CC(O)c1ccc(Br)cc1. The lowest BCUT2D eigenvalue weighted by atomic mass is 10.1. The van der Waals surface area contributed by atoms with E-state index in [4.69, 9.17) is 0 Å². The van der Waals surface area contributed by atoms with Gasteiger partial charge >= 0.3 is 0 Å². The van der Waals surface area contributed by atoms with Gasteiger partial charge in [-0.1, -0.05) is 80.4 Å². The molecule has 0 saturated heterocycles. The van der Waals surface area contributed by atoms with E-state index < -0.39 is 0 Å². The van der Waals surface area contributed by atoms with Gasteiger partial charge in [-0.05, 0) is 43.6 Å². The molecule has 23 heavy (non-hydrogen) atoms. The van der Waals surface area contributed by atoms with E-state index in [2.05, 4.69) is 34.7 Å². The summed E-state index contributed by atoms with van der Waals surface area (Å²) in [6.45, 7) is 7.47. The zero-order valence-electron chi connectivity index (χ0n) is 14.9. The monoisotopic (exact) mass is 383 g/mol. The lowest BCUT2D eigenvalue weighted by Gasteiger charge is -2.25. The molecule has 0 radical (unpaired) electrons. The lowest BCUT2D eigenvalue weighted by Crippen LogP contribution is -2.31. The molecule has 0 amide bonds. The molecule has 0 spiro atoms. The van der Waals surface area contributed by atoms with Crippen LogP contribution in [0.5, 0.6) is 0 Å². The van der Waals surface area contributed by atoms with E-state index >= 15 is 0 Å². The minimum absolute atomic E-state index is 0.388. The normalized spacial score (nSPS) is 12.7. The maximum absolute atomic E-state index is 10.5. The third-order valence-electron chi connectivity index (χ3n) is 4.34. The van der Waals surface area contributed by atoms with Gasteiger partial charge in [-0.3, -0.25) is 0 Å². The Hall–Kier alpha value is -0.380. The summed E-state index contributed by atoms with van der Waals surface area (Å²) in [5.41, 5.74) is 1.01. The van der Waals surface area contributed by atoms with E-state index in [1.807, 2.05) is 24.3 Å². The number of rotatable bonds is 13. The van der Waals surface area contributed by atoms with Crippen LogP contribution in [0.2, 0.25) is 0 Å². The molecule has 0 aliphatic rings. The summed E-state index contributed by atoms with van der Waals surface area (Å²) in [4.78, 5) is 2.46. The van der Waals surface area contributed by atoms with E-state index in [0.29, 0.717) is 0 Å². The Labute approximate surface area is 151 Å². The van der Waals surface area contributed by atoms with Crippen molar-refractivity contribution in [3.8, 4) is 0 Å². The summed E-state index contributed by atoms with van der Waals surface area (Å²) in [6, 6.07) is 8.04. The van der Waals surface area contributed by atoms with Gasteiger partial charge in [-0.25, -0.2) is 0 Å². The molecule has 0 aliphatic carbocycles. The number of aliphatic hydroxyl groups is 1. The van der Waals surface area contributed by atoms with Crippen molar-refractivity contribution < 1.29 is 5.11 Å². The summed E-state index contributed by atoms with van der Waals surface area (Å²) in [5, 5.41) is 10.5. The summed E-state index contributed by atoms with van der Waals surface area (Å²) < 4.78 is 1.06. The van der Waals surface area contributed by atoms with Crippen molar-refractivity contribution in [2.45, 2.75) is 71.3 Å². The predicted molar refractivity (Wildman–Crippen MR) is 104 cm³/mol. The standard InChI is InChI=1S/C20H34BrNO/c1-3-5-7-9-15-22(16-10-8-6-4-2)17-20(23)18-11-13-19(21)14-12-18/h11-14,20,23H,3-10,15-17H2,1-2H3. The molecule has 0 aromatic heterocycles. The third-order valence-corrected chi connectivity index (χ3v) is 4.87. The summed E-state index contributed by atoms with van der Waals surface area (Å²) >= 11 is 3.45. The van der Waals surface area contributed by atoms with Gasteiger partial charge in [-0.15, -0.1) is 0 Å². The quantitative estimate of drug-likeness (QED) is 0.425. The first-order valence-electron chi connectivity index (χ1n) is 9.33. The Kier molecular flexibility index (Phi) is 11.7. The topological polar surface area (TPSA) is 23.5 Å². The van der Waals surface area contributed by atoms with Crippen molar-refractivity contribution >= 4 is 15.9 Å². The van der Waals surface area contributed by atoms with Gasteiger partial charge in [0.15, 0.2) is 0 Å². The van der Waals surface area contributed by atoms with Crippen LogP contribution >= 0.6 is 15.9 Å². The van der Waals surface area contributed by atoms with E-state index in [-0.39, 0.29) is 6.10 Å². The molecule has 1 rings (SSSR count). The fourth-order valence-electron chi connectivity index (χ4n) is 2.85. The van der Waals surface area contributed by atoms with Crippen LogP contribution in [-0.2, 0) is 0 Å². The second-order valence-electron chi connectivity index (χ2n) is 6.49. The molecule has 0 saturated carbocycles.